The maximum atomic E-state index is 6.17. The van der Waals surface area contributed by atoms with Gasteiger partial charge < -0.3 is 9.32 Å². The zero-order valence-corrected chi connectivity index (χ0v) is 14.5. The Morgan fingerprint density at radius 2 is 2.00 bits per heavy atom. The predicted octanol–water partition coefficient (Wildman–Crippen LogP) is 3.86. The van der Waals surface area contributed by atoms with E-state index in [-0.39, 0.29) is 5.92 Å². The molecule has 1 atom stereocenters. The van der Waals surface area contributed by atoms with Gasteiger partial charge in [0.2, 0.25) is 0 Å². The van der Waals surface area contributed by atoms with Crippen molar-refractivity contribution in [3.05, 3.63) is 77.8 Å². The van der Waals surface area contributed by atoms with E-state index in [0.29, 0.717) is 5.82 Å². The van der Waals surface area contributed by atoms with Gasteiger partial charge in [0.05, 0.1) is 12.1 Å². The molecule has 0 amide bonds. The number of hydrogen-bond acceptors (Lipinski definition) is 5. The van der Waals surface area contributed by atoms with Gasteiger partial charge in [-0.05, 0) is 36.4 Å². The van der Waals surface area contributed by atoms with Gasteiger partial charge in [-0.3, -0.25) is 0 Å². The third kappa shape index (κ3) is 2.57. The summed E-state index contributed by atoms with van der Waals surface area (Å²) in [5.41, 5.74) is 4.54. The minimum atomic E-state index is 0.222. The number of furan rings is 1. The summed E-state index contributed by atoms with van der Waals surface area (Å²) in [6, 6.07) is 16.8. The van der Waals surface area contributed by atoms with E-state index in [2.05, 4.69) is 57.5 Å². The first-order chi connectivity index (χ1) is 12.8. The third-order valence-electron chi connectivity index (χ3n) is 4.98. The first-order valence-corrected chi connectivity index (χ1v) is 8.72. The average molecular weight is 342 g/mol. The van der Waals surface area contributed by atoms with Crippen LogP contribution in [0, 0.1) is 0 Å². The zero-order valence-electron chi connectivity index (χ0n) is 14.5. The van der Waals surface area contributed by atoms with Gasteiger partial charge in [0, 0.05) is 30.2 Å². The maximum absolute atomic E-state index is 6.17. The molecule has 5 nitrogen and oxygen atoms in total. The second-order valence-electron chi connectivity index (χ2n) is 6.82. The fourth-order valence-electron chi connectivity index (χ4n) is 3.78. The third-order valence-corrected chi connectivity index (χ3v) is 4.98. The van der Waals surface area contributed by atoms with Crippen LogP contribution in [0.2, 0.25) is 0 Å². The summed E-state index contributed by atoms with van der Waals surface area (Å²) in [7, 11) is 2.14. The van der Waals surface area contributed by atoms with Crippen LogP contribution in [-0.2, 0) is 6.54 Å². The number of nitrogens with zero attached hydrogens (tertiary/aromatic N) is 4. The zero-order chi connectivity index (χ0) is 17.5. The average Bonchev–Trinajstić information content (AvgIpc) is 3.11. The van der Waals surface area contributed by atoms with Crippen molar-refractivity contribution in [1.82, 2.24) is 20.1 Å². The lowest BCUT2D eigenvalue weighted by Gasteiger charge is -2.31. The highest BCUT2D eigenvalue weighted by Crippen LogP contribution is 2.37. The standard InChI is InChI=1S/C21H18N4O/c1-25-12-16-10-15(21-22-8-9-23-24-21)6-7-17(16)18(13-25)20-11-14-4-2-3-5-19(14)26-20/h2-11,18H,12-13H2,1H3. The number of rotatable bonds is 2. The summed E-state index contributed by atoms with van der Waals surface area (Å²) >= 11 is 0. The molecule has 2 aromatic carbocycles. The van der Waals surface area contributed by atoms with Crippen molar-refractivity contribution in [3.8, 4) is 11.4 Å². The SMILES string of the molecule is CN1Cc2cc(-c3nccnn3)ccc2C(c2cc3ccccc3o2)C1. The van der Waals surface area contributed by atoms with E-state index in [4.69, 9.17) is 4.42 Å². The number of hydrogen-bond donors (Lipinski definition) is 0. The highest BCUT2D eigenvalue weighted by molar-refractivity contribution is 5.78. The van der Waals surface area contributed by atoms with Crippen LogP contribution in [0.15, 0.2) is 65.3 Å². The summed E-state index contributed by atoms with van der Waals surface area (Å²) in [5.74, 6) is 1.90. The molecule has 0 N–H and O–H groups in total. The predicted molar refractivity (Wildman–Crippen MR) is 99.7 cm³/mol. The molecule has 0 radical (unpaired) electrons. The number of likely N-dealkylation sites (N-methyl/N-ethyl adjacent to an activating group) is 1. The highest BCUT2D eigenvalue weighted by atomic mass is 16.3. The van der Waals surface area contributed by atoms with Gasteiger partial charge in [-0.15, -0.1) is 5.10 Å². The molecule has 26 heavy (non-hydrogen) atoms. The monoisotopic (exact) mass is 342 g/mol. The second kappa shape index (κ2) is 6.04. The van der Waals surface area contributed by atoms with Gasteiger partial charge in [-0.1, -0.05) is 30.3 Å². The lowest BCUT2D eigenvalue weighted by atomic mass is 9.87. The molecular weight excluding hydrogens is 324 g/mol. The van der Waals surface area contributed by atoms with Crippen molar-refractivity contribution in [2.75, 3.05) is 13.6 Å². The lowest BCUT2D eigenvalue weighted by molar-refractivity contribution is 0.282. The van der Waals surface area contributed by atoms with Crippen molar-refractivity contribution >= 4 is 11.0 Å². The van der Waals surface area contributed by atoms with Gasteiger partial charge in [0.25, 0.3) is 0 Å². The van der Waals surface area contributed by atoms with E-state index < -0.39 is 0 Å². The normalized spacial score (nSPS) is 17.3. The Labute approximate surface area is 151 Å². The summed E-state index contributed by atoms with van der Waals surface area (Å²) in [5, 5.41) is 9.22. The second-order valence-corrected chi connectivity index (χ2v) is 6.82. The Kier molecular flexibility index (Phi) is 3.53. The molecule has 0 fully saturated rings. The molecule has 1 aliphatic heterocycles. The quantitative estimate of drug-likeness (QED) is 0.554. The van der Waals surface area contributed by atoms with Crippen LogP contribution < -0.4 is 0 Å². The first kappa shape index (κ1) is 15.2. The molecule has 1 aliphatic rings. The van der Waals surface area contributed by atoms with E-state index in [1.807, 2.05) is 18.2 Å². The highest BCUT2D eigenvalue weighted by Gasteiger charge is 2.27. The summed E-state index contributed by atoms with van der Waals surface area (Å²) in [6.07, 6.45) is 3.26. The Bertz CT molecular complexity index is 1040. The summed E-state index contributed by atoms with van der Waals surface area (Å²) < 4.78 is 6.17. The van der Waals surface area contributed by atoms with Crippen LogP contribution in [0.5, 0.6) is 0 Å². The van der Waals surface area contributed by atoms with Gasteiger partial charge in [-0.25, -0.2) is 4.98 Å². The first-order valence-electron chi connectivity index (χ1n) is 8.72. The molecule has 0 spiro atoms. The molecule has 5 rings (SSSR count). The Morgan fingerprint density at radius 1 is 1.08 bits per heavy atom. The number of para-hydroxylation sites is 1. The van der Waals surface area contributed by atoms with Crippen LogP contribution in [0.3, 0.4) is 0 Å². The van der Waals surface area contributed by atoms with Gasteiger partial charge in [0.15, 0.2) is 5.82 Å². The van der Waals surface area contributed by atoms with Crippen LogP contribution in [0.4, 0.5) is 0 Å². The van der Waals surface area contributed by atoms with Crippen molar-refractivity contribution in [3.63, 3.8) is 0 Å². The lowest BCUT2D eigenvalue weighted by Crippen LogP contribution is -2.30. The maximum Gasteiger partial charge on any atom is 0.181 e. The van der Waals surface area contributed by atoms with Crippen LogP contribution in [0.1, 0.15) is 22.8 Å². The smallest absolute Gasteiger partial charge is 0.181 e. The summed E-state index contributed by atoms with van der Waals surface area (Å²) in [6.45, 7) is 1.84. The fraction of sp³-hybridized carbons (Fsp3) is 0.190. The van der Waals surface area contributed by atoms with Gasteiger partial charge in [0.1, 0.15) is 11.3 Å². The molecule has 128 valence electrons. The number of benzene rings is 2. The van der Waals surface area contributed by atoms with Crippen LogP contribution in [-0.4, -0.2) is 33.7 Å². The van der Waals surface area contributed by atoms with E-state index in [9.17, 15) is 0 Å². The molecule has 3 heterocycles. The Morgan fingerprint density at radius 3 is 2.85 bits per heavy atom. The Balaban J connectivity index is 1.59. The molecule has 2 aromatic heterocycles. The fourth-order valence-corrected chi connectivity index (χ4v) is 3.78. The molecule has 1 unspecified atom stereocenters. The number of aromatic nitrogens is 3. The van der Waals surface area contributed by atoms with Crippen molar-refractivity contribution in [2.45, 2.75) is 12.5 Å². The van der Waals surface area contributed by atoms with Crippen molar-refractivity contribution in [1.29, 1.82) is 0 Å². The molecule has 4 aromatic rings. The van der Waals surface area contributed by atoms with Gasteiger partial charge in [-0.2, -0.15) is 5.10 Å². The van der Waals surface area contributed by atoms with Crippen LogP contribution >= 0.6 is 0 Å². The van der Waals surface area contributed by atoms with Crippen molar-refractivity contribution in [2.24, 2.45) is 0 Å². The van der Waals surface area contributed by atoms with Crippen molar-refractivity contribution < 1.29 is 4.42 Å². The minimum absolute atomic E-state index is 0.222. The van der Waals surface area contributed by atoms with Crippen LogP contribution in [0.25, 0.3) is 22.4 Å². The molecular formula is C21H18N4O. The molecule has 0 bridgehead atoms. The molecule has 0 saturated heterocycles. The molecule has 5 heteroatoms. The van der Waals surface area contributed by atoms with E-state index in [1.165, 1.54) is 11.1 Å². The van der Waals surface area contributed by atoms with E-state index >= 15 is 0 Å². The topological polar surface area (TPSA) is 55.1 Å². The Hall–Kier alpha value is -3.05. The molecule has 0 aliphatic carbocycles. The van der Waals surface area contributed by atoms with E-state index in [1.54, 1.807) is 12.4 Å². The molecule has 0 saturated carbocycles. The largest absolute Gasteiger partial charge is 0.460 e. The van der Waals surface area contributed by atoms with E-state index in [0.717, 1.165) is 35.4 Å². The summed E-state index contributed by atoms with van der Waals surface area (Å²) in [4.78, 5) is 6.64. The minimum Gasteiger partial charge on any atom is -0.460 e. The van der Waals surface area contributed by atoms with Gasteiger partial charge >= 0.3 is 0 Å². The number of fused-ring (bicyclic) bond motifs is 2.